The van der Waals surface area contributed by atoms with Gasteiger partial charge in [-0.15, -0.1) is 0 Å². The van der Waals surface area contributed by atoms with Gasteiger partial charge in [0.05, 0.1) is 12.6 Å². The van der Waals surface area contributed by atoms with Crippen LogP contribution in [0.3, 0.4) is 0 Å². The van der Waals surface area contributed by atoms with Gasteiger partial charge in [0.1, 0.15) is 5.82 Å². The second kappa shape index (κ2) is 9.97. The molecule has 2 atom stereocenters. The lowest BCUT2D eigenvalue weighted by Gasteiger charge is -2.29. The summed E-state index contributed by atoms with van der Waals surface area (Å²) in [4.78, 5) is 14.6. The van der Waals surface area contributed by atoms with Gasteiger partial charge in [-0.25, -0.2) is 26.7 Å². The fraction of sp³-hybridized carbons (Fsp3) is 0.458. The highest BCUT2D eigenvalue weighted by Gasteiger charge is 2.61. The molecule has 0 unspecified atom stereocenters. The fourth-order valence-corrected chi connectivity index (χ4v) is 5.67. The van der Waals surface area contributed by atoms with Crippen LogP contribution in [0.4, 0.5) is 13.6 Å². The van der Waals surface area contributed by atoms with Crippen LogP contribution in [0.2, 0.25) is 0 Å². The van der Waals surface area contributed by atoms with Gasteiger partial charge in [0, 0.05) is 37.2 Å². The molecule has 1 heterocycles. The quantitative estimate of drug-likeness (QED) is 0.526. The van der Waals surface area contributed by atoms with E-state index in [2.05, 4.69) is 10.0 Å². The number of sulfonamides is 1. The van der Waals surface area contributed by atoms with Crippen molar-refractivity contribution in [3.63, 3.8) is 0 Å². The number of methoxy groups -OCH3 is 1. The molecule has 1 spiro atoms. The summed E-state index contributed by atoms with van der Waals surface area (Å²) in [5.74, 6) is -0.419. The van der Waals surface area contributed by atoms with Crippen LogP contribution in [-0.4, -0.2) is 64.2 Å². The summed E-state index contributed by atoms with van der Waals surface area (Å²) < 4.78 is 60.6. The molecule has 1 saturated carbocycles. The number of halogens is 2. The molecule has 1 aliphatic heterocycles. The van der Waals surface area contributed by atoms with Crippen molar-refractivity contribution in [2.45, 2.75) is 31.3 Å². The Balaban J connectivity index is 1.67. The average molecular weight is 494 g/mol. The molecular formula is C24H29F2N3O4S. The van der Waals surface area contributed by atoms with Crippen molar-refractivity contribution < 1.29 is 26.7 Å². The maximum absolute atomic E-state index is 15.6. The van der Waals surface area contributed by atoms with E-state index in [-0.39, 0.29) is 19.0 Å². The number of nitrogens with zero attached hydrogens (tertiary/aromatic N) is 1. The topological polar surface area (TPSA) is 87.7 Å². The van der Waals surface area contributed by atoms with E-state index in [1.54, 1.807) is 23.1 Å². The van der Waals surface area contributed by atoms with Crippen LogP contribution in [0.15, 0.2) is 48.5 Å². The van der Waals surface area contributed by atoms with E-state index in [0.717, 1.165) is 5.56 Å². The zero-order chi connectivity index (χ0) is 24.3. The molecule has 2 aromatic carbocycles. The molecule has 2 aromatic rings. The molecule has 2 fully saturated rings. The predicted molar refractivity (Wildman–Crippen MR) is 125 cm³/mol. The Kier molecular flexibility index (Phi) is 7.20. The molecule has 184 valence electrons. The van der Waals surface area contributed by atoms with E-state index < -0.39 is 39.3 Å². The molecule has 2 N–H and O–H groups in total. The van der Waals surface area contributed by atoms with Crippen molar-refractivity contribution in [3.8, 4) is 11.1 Å². The molecule has 34 heavy (non-hydrogen) atoms. The van der Waals surface area contributed by atoms with Crippen LogP contribution < -0.4 is 10.0 Å². The largest absolute Gasteiger partial charge is 0.383 e. The molecule has 10 heteroatoms. The molecule has 7 nitrogen and oxygen atoms in total. The lowest BCUT2D eigenvalue weighted by atomic mass is 9.91. The molecule has 1 saturated heterocycles. The van der Waals surface area contributed by atoms with Crippen LogP contribution >= 0.6 is 0 Å². The van der Waals surface area contributed by atoms with Gasteiger partial charge >= 0.3 is 6.03 Å². The summed E-state index contributed by atoms with van der Waals surface area (Å²) in [5, 5.41) is 2.77. The van der Waals surface area contributed by atoms with Crippen LogP contribution in [-0.2, 0) is 21.2 Å². The number of hydrogen-bond donors (Lipinski definition) is 2. The first kappa shape index (κ1) is 24.6. The molecule has 2 aliphatic rings. The third-order valence-corrected chi connectivity index (χ3v) is 7.61. The summed E-state index contributed by atoms with van der Waals surface area (Å²) in [6.45, 7) is 0.918. The van der Waals surface area contributed by atoms with Crippen molar-refractivity contribution in [2.24, 2.45) is 5.41 Å². The van der Waals surface area contributed by atoms with Crippen LogP contribution in [0, 0.1) is 11.2 Å². The van der Waals surface area contributed by atoms with Gasteiger partial charge in [0.2, 0.25) is 16.0 Å². The first-order chi connectivity index (χ1) is 16.3. The number of rotatable bonds is 9. The maximum Gasteiger partial charge on any atom is 0.317 e. The smallest absolute Gasteiger partial charge is 0.317 e. The van der Waals surface area contributed by atoms with Crippen molar-refractivity contribution in [1.82, 2.24) is 14.9 Å². The van der Waals surface area contributed by atoms with E-state index >= 15 is 4.39 Å². The normalized spacial score (nSPS) is 21.1. The molecule has 2 amide bonds. The Morgan fingerprint density at radius 3 is 2.56 bits per heavy atom. The Morgan fingerprint density at radius 1 is 1.18 bits per heavy atom. The lowest BCUT2D eigenvalue weighted by molar-refractivity contribution is 0.173. The van der Waals surface area contributed by atoms with Gasteiger partial charge in [-0.05, 0) is 30.4 Å². The SMILES string of the molecule is COCCNC(=O)N1CC2(CC2)[C@H](NS(=O)(=O)CF)[C@@H]1Cc1cccc(-c2ccccc2)c1F. The van der Waals surface area contributed by atoms with Gasteiger partial charge in [0.15, 0.2) is 0 Å². The zero-order valence-corrected chi connectivity index (χ0v) is 19.8. The van der Waals surface area contributed by atoms with E-state index in [1.807, 2.05) is 30.3 Å². The van der Waals surface area contributed by atoms with Gasteiger partial charge in [0.25, 0.3) is 0 Å². The number of likely N-dealkylation sites (tertiary alicyclic amines) is 1. The molecular weight excluding hydrogens is 464 g/mol. The minimum absolute atomic E-state index is 0.0887. The molecule has 0 bridgehead atoms. The van der Waals surface area contributed by atoms with Crippen LogP contribution in [0.25, 0.3) is 11.1 Å². The van der Waals surface area contributed by atoms with E-state index in [0.29, 0.717) is 37.1 Å². The van der Waals surface area contributed by atoms with Crippen molar-refractivity contribution in [1.29, 1.82) is 0 Å². The summed E-state index contributed by atoms with van der Waals surface area (Å²) in [6.07, 6.45) is 1.50. The van der Waals surface area contributed by atoms with Gasteiger partial charge in [-0.1, -0.05) is 48.5 Å². The average Bonchev–Trinajstić information content (AvgIpc) is 3.56. The van der Waals surface area contributed by atoms with Crippen LogP contribution in [0.5, 0.6) is 0 Å². The van der Waals surface area contributed by atoms with Gasteiger partial charge < -0.3 is 15.0 Å². The highest BCUT2D eigenvalue weighted by atomic mass is 32.2. The summed E-state index contributed by atoms with van der Waals surface area (Å²) in [6, 6.07) is 10.9. The number of alkyl halides is 1. The van der Waals surface area contributed by atoms with Gasteiger partial charge in [-0.2, -0.15) is 0 Å². The highest BCUT2D eigenvalue weighted by Crippen LogP contribution is 2.55. The van der Waals surface area contributed by atoms with E-state index in [9.17, 15) is 17.6 Å². The number of carbonyl (C=O) groups excluding carboxylic acids is 1. The zero-order valence-electron chi connectivity index (χ0n) is 19.0. The number of amides is 2. The monoisotopic (exact) mass is 493 g/mol. The first-order valence-corrected chi connectivity index (χ1v) is 12.9. The second-order valence-corrected chi connectivity index (χ2v) is 10.6. The number of benzene rings is 2. The molecule has 0 aromatic heterocycles. The summed E-state index contributed by atoms with van der Waals surface area (Å²) >= 11 is 0. The Morgan fingerprint density at radius 2 is 1.91 bits per heavy atom. The Labute approximate surface area is 198 Å². The maximum atomic E-state index is 15.6. The number of carbonyl (C=O) groups is 1. The first-order valence-electron chi connectivity index (χ1n) is 11.2. The molecule has 0 radical (unpaired) electrons. The lowest BCUT2D eigenvalue weighted by Crippen LogP contribution is -2.52. The summed E-state index contributed by atoms with van der Waals surface area (Å²) in [5.41, 5.74) is 1.03. The van der Waals surface area contributed by atoms with E-state index in [4.69, 9.17) is 4.74 Å². The second-order valence-electron chi connectivity index (χ2n) is 8.95. The number of ether oxygens (including phenoxy) is 1. The third kappa shape index (κ3) is 5.08. The predicted octanol–water partition coefficient (Wildman–Crippen LogP) is 3.07. The number of hydrogen-bond acceptors (Lipinski definition) is 4. The van der Waals surface area contributed by atoms with Crippen LogP contribution in [0.1, 0.15) is 18.4 Å². The standard InChI is InChI=1S/C24H29F2N3O4S/c1-33-13-12-27-23(30)29-15-24(10-11-24)22(28-34(31,32)16-25)20(29)14-18-8-5-9-19(21(18)26)17-6-3-2-4-7-17/h2-9,20,22,28H,10-16H2,1H3,(H,27,30)/t20-,22+/m0/s1. The minimum Gasteiger partial charge on any atom is -0.383 e. The minimum atomic E-state index is -4.18. The van der Waals surface area contributed by atoms with Gasteiger partial charge in [-0.3, -0.25) is 0 Å². The molecule has 1 aliphatic carbocycles. The number of nitrogens with one attached hydrogen (secondary N) is 2. The fourth-order valence-electron chi connectivity index (χ4n) is 4.82. The Hall–Kier alpha value is -2.56. The van der Waals surface area contributed by atoms with Crippen molar-refractivity contribution >= 4 is 16.1 Å². The number of urea groups is 1. The Bertz CT molecular complexity index is 1130. The highest BCUT2D eigenvalue weighted by molar-refractivity contribution is 7.89. The van der Waals surface area contributed by atoms with Crippen molar-refractivity contribution in [3.05, 3.63) is 59.9 Å². The third-order valence-electron chi connectivity index (χ3n) is 6.71. The van der Waals surface area contributed by atoms with Crippen molar-refractivity contribution in [2.75, 3.05) is 32.8 Å². The summed E-state index contributed by atoms with van der Waals surface area (Å²) in [7, 11) is -2.66. The van der Waals surface area contributed by atoms with E-state index in [1.165, 1.54) is 7.11 Å². The molecule has 4 rings (SSSR count).